The Morgan fingerprint density at radius 2 is 2.26 bits per heavy atom. The molecule has 0 amide bonds. The number of halogens is 1. The third-order valence-corrected chi connectivity index (χ3v) is 2.79. The van der Waals surface area contributed by atoms with Crippen molar-refractivity contribution < 1.29 is 9.47 Å². The van der Waals surface area contributed by atoms with Crippen LogP contribution in [-0.2, 0) is 6.54 Å². The molecule has 1 aromatic carbocycles. The number of hydrogen-bond donors (Lipinski definition) is 2. The number of aromatic nitrogens is 2. The van der Waals surface area contributed by atoms with Gasteiger partial charge in [0.1, 0.15) is 5.75 Å². The normalized spacial score (nSPS) is 10.3. The second kappa shape index (κ2) is 5.73. The monoisotopic (exact) mass is 281 g/mol. The molecule has 0 spiro atoms. The smallest absolute Gasteiger partial charge is 0.297 e. The van der Waals surface area contributed by atoms with Crippen LogP contribution in [0.4, 0.5) is 0 Å². The van der Waals surface area contributed by atoms with Crippen LogP contribution in [0, 0.1) is 0 Å². The van der Waals surface area contributed by atoms with Gasteiger partial charge in [-0.25, -0.2) is 4.98 Å². The molecule has 0 atom stereocenters. The Morgan fingerprint density at radius 1 is 1.47 bits per heavy atom. The van der Waals surface area contributed by atoms with Crippen LogP contribution in [0.2, 0.25) is 5.02 Å². The molecule has 0 radical (unpaired) electrons. The summed E-state index contributed by atoms with van der Waals surface area (Å²) in [5.74, 6) is 0.517. The quantitative estimate of drug-likeness (QED) is 0.890. The highest BCUT2D eigenvalue weighted by Crippen LogP contribution is 2.28. The summed E-state index contributed by atoms with van der Waals surface area (Å²) in [6, 6.07) is 5.04. The molecule has 0 bridgehead atoms. The molecule has 0 saturated carbocycles. The third kappa shape index (κ3) is 2.86. The number of ether oxygens (including phenoxy) is 2. The molecule has 0 aliphatic heterocycles. The zero-order valence-electron chi connectivity index (χ0n) is 10.1. The van der Waals surface area contributed by atoms with Crippen molar-refractivity contribution in [3.05, 3.63) is 45.5 Å². The molecule has 19 heavy (non-hydrogen) atoms. The summed E-state index contributed by atoms with van der Waals surface area (Å²) in [4.78, 5) is 17.8. The van der Waals surface area contributed by atoms with Crippen molar-refractivity contribution in [2.24, 2.45) is 5.73 Å². The SMILES string of the molecule is COc1c(Oc2ccc(CN)c(Cl)c2)nc[nH]c1=O. The average molecular weight is 282 g/mol. The summed E-state index contributed by atoms with van der Waals surface area (Å²) < 4.78 is 10.4. The van der Waals surface area contributed by atoms with Gasteiger partial charge < -0.3 is 20.2 Å². The molecule has 7 heteroatoms. The number of benzene rings is 1. The molecule has 3 N–H and O–H groups in total. The van der Waals surface area contributed by atoms with E-state index in [4.69, 9.17) is 26.8 Å². The molecule has 0 saturated heterocycles. The lowest BCUT2D eigenvalue weighted by Crippen LogP contribution is -2.11. The second-order valence-corrected chi connectivity index (χ2v) is 4.04. The van der Waals surface area contributed by atoms with Crippen molar-refractivity contribution in [3.63, 3.8) is 0 Å². The molecule has 1 heterocycles. The lowest BCUT2D eigenvalue weighted by Gasteiger charge is -2.09. The van der Waals surface area contributed by atoms with Crippen LogP contribution in [-0.4, -0.2) is 17.1 Å². The summed E-state index contributed by atoms with van der Waals surface area (Å²) in [5, 5.41) is 0.490. The minimum atomic E-state index is -0.419. The number of hydrogen-bond acceptors (Lipinski definition) is 5. The molecule has 1 aromatic heterocycles. The maximum Gasteiger partial charge on any atom is 0.297 e. The van der Waals surface area contributed by atoms with Gasteiger partial charge >= 0.3 is 0 Å². The van der Waals surface area contributed by atoms with Gasteiger partial charge in [0.2, 0.25) is 5.75 Å². The van der Waals surface area contributed by atoms with Crippen LogP contribution in [0.1, 0.15) is 5.56 Å². The molecular formula is C12H12ClN3O3. The number of rotatable bonds is 4. The van der Waals surface area contributed by atoms with Gasteiger partial charge in [0.15, 0.2) is 0 Å². The summed E-state index contributed by atoms with van der Waals surface area (Å²) in [6.45, 7) is 0.339. The average Bonchev–Trinajstić information content (AvgIpc) is 2.39. The number of nitrogens with one attached hydrogen (secondary N) is 1. The molecule has 0 aliphatic rings. The minimum absolute atomic E-state index is 0.00141. The standard InChI is InChI=1S/C12H12ClN3O3/c1-18-10-11(17)15-6-16-12(10)19-8-3-2-7(5-14)9(13)4-8/h2-4,6H,5,14H2,1H3,(H,15,16,17). The Bertz CT molecular complexity index is 642. The van der Waals surface area contributed by atoms with Crippen LogP contribution >= 0.6 is 11.6 Å². The fourth-order valence-corrected chi connectivity index (χ4v) is 1.74. The second-order valence-electron chi connectivity index (χ2n) is 3.63. The highest BCUT2D eigenvalue weighted by atomic mass is 35.5. The topological polar surface area (TPSA) is 90.2 Å². The molecule has 0 unspecified atom stereocenters. The van der Waals surface area contributed by atoms with Gasteiger partial charge in [-0.05, 0) is 17.7 Å². The van der Waals surface area contributed by atoms with Crippen LogP contribution in [0.15, 0.2) is 29.3 Å². The zero-order valence-corrected chi connectivity index (χ0v) is 10.9. The van der Waals surface area contributed by atoms with E-state index in [0.717, 1.165) is 5.56 Å². The van der Waals surface area contributed by atoms with Crippen molar-refractivity contribution in [1.29, 1.82) is 0 Å². The van der Waals surface area contributed by atoms with E-state index in [1.54, 1.807) is 18.2 Å². The van der Waals surface area contributed by atoms with Gasteiger partial charge in [-0.2, -0.15) is 0 Å². The van der Waals surface area contributed by atoms with Gasteiger partial charge in [-0.1, -0.05) is 17.7 Å². The van der Waals surface area contributed by atoms with Crippen LogP contribution < -0.4 is 20.8 Å². The van der Waals surface area contributed by atoms with E-state index >= 15 is 0 Å². The van der Waals surface area contributed by atoms with Crippen molar-refractivity contribution in [2.45, 2.75) is 6.54 Å². The lowest BCUT2D eigenvalue weighted by molar-refractivity contribution is 0.363. The number of nitrogens with zero attached hydrogens (tertiary/aromatic N) is 1. The van der Waals surface area contributed by atoms with E-state index in [1.807, 2.05) is 0 Å². The predicted octanol–water partition coefficient (Wildman–Crippen LogP) is 1.68. The van der Waals surface area contributed by atoms with E-state index in [2.05, 4.69) is 9.97 Å². The van der Waals surface area contributed by atoms with Crippen LogP contribution in [0.3, 0.4) is 0 Å². The first-order chi connectivity index (χ1) is 9.15. The third-order valence-electron chi connectivity index (χ3n) is 2.44. The number of methoxy groups -OCH3 is 1. The highest BCUT2D eigenvalue weighted by molar-refractivity contribution is 6.31. The first-order valence-electron chi connectivity index (χ1n) is 5.43. The Kier molecular flexibility index (Phi) is 4.03. The largest absolute Gasteiger partial charge is 0.487 e. The maximum atomic E-state index is 11.5. The van der Waals surface area contributed by atoms with E-state index in [9.17, 15) is 4.79 Å². The molecule has 100 valence electrons. The Balaban J connectivity index is 2.34. The molecule has 2 rings (SSSR count). The molecule has 0 aliphatic carbocycles. The van der Waals surface area contributed by atoms with E-state index in [-0.39, 0.29) is 11.6 Å². The van der Waals surface area contributed by atoms with Gasteiger partial charge in [-0.15, -0.1) is 0 Å². The summed E-state index contributed by atoms with van der Waals surface area (Å²) >= 11 is 6.02. The van der Waals surface area contributed by atoms with Crippen molar-refractivity contribution in [2.75, 3.05) is 7.11 Å². The lowest BCUT2D eigenvalue weighted by atomic mass is 10.2. The maximum absolute atomic E-state index is 11.5. The number of H-pyrrole nitrogens is 1. The summed E-state index contributed by atoms with van der Waals surface area (Å²) in [7, 11) is 1.36. The summed E-state index contributed by atoms with van der Waals surface area (Å²) in [6.07, 6.45) is 1.23. The first-order valence-corrected chi connectivity index (χ1v) is 5.81. The van der Waals surface area contributed by atoms with Crippen molar-refractivity contribution >= 4 is 11.6 Å². The molecule has 2 aromatic rings. The minimum Gasteiger partial charge on any atom is -0.487 e. The number of aromatic amines is 1. The van der Waals surface area contributed by atoms with Crippen LogP contribution in [0.5, 0.6) is 17.4 Å². The van der Waals surface area contributed by atoms with E-state index in [0.29, 0.717) is 17.3 Å². The zero-order chi connectivity index (χ0) is 13.8. The molecule has 0 fully saturated rings. The van der Waals surface area contributed by atoms with E-state index < -0.39 is 5.56 Å². The number of nitrogens with two attached hydrogens (primary N) is 1. The van der Waals surface area contributed by atoms with E-state index in [1.165, 1.54) is 13.4 Å². The molecule has 6 nitrogen and oxygen atoms in total. The Labute approximate surface area is 114 Å². The Morgan fingerprint density at radius 3 is 2.89 bits per heavy atom. The van der Waals surface area contributed by atoms with Gasteiger partial charge in [-0.3, -0.25) is 4.79 Å². The van der Waals surface area contributed by atoms with Gasteiger partial charge in [0.25, 0.3) is 11.4 Å². The van der Waals surface area contributed by atoms with Crippen molar-refractivity contribution in [1.82, 2.24) is 9.97 Å². The van der Waals surface area contributed by atoms with Gasteiger partial charge in [0.05, 0.1) is 13.4 Å². The summed E-state index contributed by atoms with van der Waals surface area (Å²) in [5.41, 5.74) is 5.90. The highest BCUT2D eigenvalue weighted by Gasteiger charge is 2.12. The first kappa shape index (κ1) is 13.4. The predicted molar refractivity (Wildman–Crippen MR) is 70.8 cm³/mol. The van der Waals surface area contributed by atoms with Gasteiger partial charge in [0, 0.05) is 11.6 Å². The van der Waals surface area contributed by atoms with Crippen LogP contribution in [0.25, 0.3) is 0 Å². The fraction of sp³-hybridized carbons (Fsp3) is 0.167. The molecular weight excluding hydrogens is 270 g/mol. The van der Waals surface area contributed by atoms with Crippen molar-refractivity contribution in [3.8, 4) is 17.4 Å². The Hall–Kier alpha value is -2.05. The fourth-order valence-electron chi connectivity index (χ4n) is 1.49.